The smallest absolute Gasteiger partial charge is 0.338 e. The van der Waals surface area contributed by atoms with E-state index in [0.717, 1.165) is 0 Å². The van der Waals surface area contributed by atoms with E-state index in [0.29, 0.717) is 16.1 Å². The number of ether oxygens (including phenoxy) is 1. The van der Waals surface area contributed by atoms with Crippen molar-refractivity contribution in [1.29, 1.82) is 0 Å². The first-order valence-corrected chi connectivity index (χ1v) is 6.06. The number of halogens is 1. The number of benzene rings is 2. The molecule has 4 heteroatoms. The normalized spacial score (nSPS) is 9.95. The molecule has 0 unspecified atom stereocenters. The lowest BCUT2D eigenvalue weighted by Gasteiger charge is -2.05. The van der Waals surface area contributed by atoms with Crippen LogP contribution in [0.15, 0.2) is 54.6 Å². The zero-order valence-electron chi connectivity index (χ0n) is 10.0. The second kappa shape index (κ2) is 6.16. The maximum absolute atomic E-state index is 11.8. The standard InChI is InChI=1S/C15H11ClO3/c16-13-9-5-4-8-12(13)14(17)10-19-15(18)11-6-2-1-3-7-11/h1-9H,10H2. The Kier molecular flexibility index (Phi) is 4.31. The third kappa shape index (κ3) is 3.42. The molecule has 0 saturated heterocycles. The lowest BCUT2D eigenvalue weighted by Crippen LogP contribution is -2.14. The topological polar surface area (TPSA) is 43.4 Å². The predicted octanol–water partition coefficient (Wildman–Crippen LogP) is 3.38. The molecule has 0 fully saturated rings. The summed E-state index contributed by atoms with van der Waals surface area (Å²) in [4.78, 5) is 23.5. The van der Waals surface area contributed by atoms with Gasteiger partial charge in [0.05, 0.1) is 10.6 Å². The molecule has 3 nitrogen and oxygen atoms in total. The summed E-state index contributed by atoms with van der Waals surface area (Å²) in [5.74, 6) is -0.851. The monoisotopic (exact) mass is 274 g/mol. The van der Waals surface area contributed by atoms with Crippen LogP contribution >= 0.6 is 11.6 Å². The molecule has 2 aromatic rings. The van der Waals surface area contributed by atoms with Crippen molar-refractivity contribution in [2.75, 3.05) is 6.61 Å². The van der Waals surface area contributed by atoms with E-state index in [-0.39, 0.29) is 12.4 Å². The fraction of sp³-hybridized carbons (Fsp3) is 0.0667. The summed E-state index contributed by atoms with van der Waals surface area (Å²) in [7, 11) is 0. The van der Waals surface area contributed by atoms with Gasteiger partial charge < -0.3 is 4.74 Å². The van der Waals surface area contributed by atoms with E-state index in [4.69, 9.17) is 16.3 Å². The molecule has 0 aliphatic carbocycles. The third-order valence-corrected chi connectivity index (χ3v) is 2.85. The van der Waals surface area contributed by atoms with Crippen molar-refractivity contribution in [3.8, 4) is 0 Å². The molecule has 0 radical (unpaired) electrons. The van der Waals surface area contributed by atoms with Crippen LogP contribution in [0, 0.1) is 0 Å². The van der Waals surface area contributed by atoms with Crippen LogP contribution in [-0.4, -0.2) is 18.4 Å². The summed E-state index contributed by atoms with van der Waals surface area (Å²) in [6, 6.07) is 15.2. The van der Waals surface area contributed by atoms with Crippen LogP contribution in [0.2, 0.25) is 5.02 Å². The Hall–Kier alpha value is -2.13. The van der Waals surface area contributed by atoms with E-state index in [9.17, 15) is 9.59 Å². The minimum Gasteiger partial charge on any atom is -0.454 e. The van der Waals surface area contributed by atoms with Gasteiger partial charge in [0.1, 0.15) is 0 Å². The molecule has 0 bridgehead atoms. The Morgan fingerprint density at radius 3 is 2.26 bits per heavy atom. The average Bonchev–Trinajstić information content (AvgIpc) is 2.46. The molecule has 0 aliphatic rings. The van der Waals surface area contributed by atoms with Gasteiger partial charge in [-0.2, -0.15) is 0 Å². The fourth-order valence-corrected chi connectivity index (χ4v) is 1.79. The zero-order valence-corrected chi connectivity index (χ0v) is 10.8. The average molecular weight is 275 g/mol. The second-order valence-corrected chi connectivity index (χ2v) is 4.25. The number of carbonyl (C=O) groups excluding carboxylic acids is 2. The number of esters is 1. The molecule has 0 N–H and O–H groups in total. The van der Waals surface area contributed by atoms with Crippen molar-refractivity contribution in [1.82, 2.24) is 0 Å². The van der Waals surface area contributed by atoms with Crippen LogP contribution in [0.3, 0.4) is 0 Å². The van der Waals surface area contributed by atoms with Crippen LogP contribution in [0.4, 0.5) is 0 Å². The van der Waals surface area contributed by atoms with Crippen molar-refractivity contribution in [3.63, 3.8) is 0 Å². The van der Waals surface area contributed by atoms with Crippen LogP contribution in [0.5, 0.6) is 0 Å². The van der Waals surface area contributed by atoms with Crippen LogP contribution < -0.4 is 0 Å². The number of hydrogen-bond acceptors (Lipinski definition) is 3. The van der Waals surface area contributed by atoms with Gasteiger partial charge in [-0.1, -0.05) is 41.9 Å². The van der Waals surface area contributed by atoms with Gasteiger partial charge in [0.2, 0.25) is 5.78 Å². The summed E-state index contributed by atoms with van der Waals surface area (Å²) in [5.41, 5.74) is 0.763. The SMILES string of the molecule is O=C(OCC(=O)c1ccccc1Cl)c1ccccc1. The van der Waals surface area contributed by atoms with Crippen LogP contribution in [0.1, 0.15) is 20.7 Å². The molecule has 0 spiro atoms. The molecule has 0 heterocycles. The summed E-state index contributed by atoms with van der Waals surface area (Å²) in [5, 5.41) is 0.350. The third-order valence-electron chi connectivity index (χ3n) is 2.52. The molecule has 19 heavy (non-hydrogen) atoms. The van der Waals surface area contributed by atoms with Gasteiger partial charge in [-0.3, -0.25) is 4.79 Å². The van der Waals surface area contributed by atoms with Gasteiger partial charge in [0.15, 0.2) is 6.61 Å². The molecule has 2 rings (SSSR count). The Balaban J connectivity index is 1.98. The lowest BCUT2D eigenvalue weighted by atomic mass is 10.1. The van der Waals surface area contributed by atoms with Gasteiger partial charge in [-0.15, -0.1) is 0 Å². The first-order valence-electron chi connectivity index (χ1n) is 5.68. The molecule has 0 aliphatic heterocycles. The summed E-state index contributed by atoms with van der Waals surface area (Å²) >= 11 is 5.89. The molecular formula is C15H11ClO3. The van der Waals surface area contributed by atoms with E-state index in [1.54, 1.807) is 54.6 Å². The van der Waals surface area contributed by atoms with Gasteiger partial charge in [0.25, 0.3) is 0 Å². The Morgan fingerprint density at radius 2 is 1.58 bits per heavy atom. The minimum absolute atomic E-state index is 0.322. The first kappa shape index (κ1) is 13.3. The molecular weight excluding hydrogens is 264 g/mol. The van der Waals surface area contributed by atoms with Gasteiger partial charge >= 0.3 is 5.97 Å². The van der Waals surface area contributed by atoms with E-state index in [1.807, 2.05) is 0 Å². The van der Waals surface area contributed by atoms with E-state index in [2.05, 4.69) is 0 Å². The largest absolute Gasteiger partial charge is 0.454 e. The first-order chi connectivity index (χ1) is 9.18. The highest BCUT2D eigenvalue weighted by atomic mass is 35.5. The second-order valence-electron chi connectivity index (χ2n) is 3.85. The highest BCUT2D eigenvalue weighted by Gasteiger charge is 2.13. The molecule has 2 aromatic carbocycles. The molecule has 0 atom stereocenters. The minimum atomic E-state index is -0.527. The Labute approximate surface area is 115 Å². The van der Waals surface area contributed by atoms with Crippen molar-refractivity contribution in [2.45, 2.75) is 0 Å². The highest BCUT2D eigenvalue weighted by Crippen LogP contribution is 2.15. The van der Waals surface area contributed by atoms with E-state index in [1.165, 1.54) is 0 Å². The van der Waals surface area contributed by atoms with Gasteiger partial charge in [0, 0.05) is 5.56 Å². The van der Waals surface area contributed by atoms with Crippen molar-refractivity contribution in [2.24, 2.45) is 0 Å². The maximum Gasteiger partial charge on any atom is 0.338 e. The van der Waals surface area contributed by atoms with E-state index < -0.39 is 5.97 Å². The van der Waals surface area contributed by atoms with Gasteiger partial charge in [-0.05, 0) is 24.3 Å². The van der Waals surface area contributed by atoms with Crippen LogP contribution in [0.25, 0.3) is 0 Å². The summed E-state index contributed by atoms with van der Waals surface area (Å²) < 4.78 is 4.95. The molecule has 0 amide bonds. The molecule has 0 saturated carbocycles. The highest BCUT2D eigenvalue weighted by molar-refractivity contribution is 6.34. The van der Waals surface area contributed by atoms with Crippen LogP contribution in [-0.2, 0) is 4.74 Å². The lowest BCUT2D eigenvalue weighted by molar-refractivity contribution is 0.0475. The number of ketones is 1. The summed E-state index contributed by atoms with van der Waals surface area (Å²) in [6.07, 6.45) is 0. The van der Waals surface area contributed by atoms with Crippen molar-refractivity contribution < 1.29 is 14.3 Å². The summed E-state index contributed by atoms with van der Waals surface area (Å²) in [6.45, 7) is -0.322. The predicted molar refractivity (Wildman–Crippen MR) is 72.5 cm³/mol. The fourth-order valence-electron chi connectivity index (χ4n) is 1.55. The quantitative estimate of drug-likeness (QED) is 0.634. The number of rotatable bonds is 4. The Morgan fingerprint density at radius 1 is 0.947 bits per heavy atom. The molecule has 0 aromatic heterocycles. The zero-order chi connectivity index (χ0) is 13.7. The van der Waals surface area contributed by atoms with E-state index >= 15 is 0 Å². The number of hydrogen-bond donors (Lipinski definition) is 0. The van der Waals surface area contributed by atoms with Crippen molar-refractivity contribution >= 4 is 23.4 Å². The van der Waals surface area contributed by atoms with Crippen molar-refractivity contribution in [3.05, 3.63) is 70.7 Å². The Bertz CT molecular complexity index is 593. The molecule has 96 valence electrons. The van der Waals surface area contributed by atoms with Gasteiger partial charge in [-0.25, -0.2) is 4.79 Å². The maximum atomic E-state index is 11.8. The number of carbonyl (C=O) groups is 2. The number of Topliss-reactive ketones (excluding diaryl/α,β-unsaturated/α-hetero) is 1.